The molecule has 0 unspecified atom stereocenters. The van der Waals surface area contributed by atoms with E-state index in [0.717, 1.165) is 30.6 Å². The van der Waals surface area contributed by atoms with E-state index in [1.807, 2.05) is 37.3 Å². The normalized spacial score (nSPS) is 10.7. The standard InChI is InChI=1S/C15H19N3O/c1-3-4-9-17-11-13(10-16)15(19)18-14-8-6-5-7-12(14)2/h5-8,11,17H,3-4,9H2,1-2H3,(H,18,19)/b13-11-. The number of nitrogens with zero attached hydrogens (tertiary/aromatic N) is 1. The Morgan fingerprint density at radius 1 is 1.42 bits per heavy atom. The van der Waals surface area contributed by atoms with Gasteiger partial charge in [-0.2, -0.15) is 5.26 Å². The Kier molecular flexibility index (Phi) is 6.17. The molecule has 0 radical (unpaired) electrons. The Labute approximate surface area is 114 Å². The summed E-state index contributed by atoms with van der Waals surface area (Å²) in [5.41, 5.74) is 1.77. The minimum Gasteiger partial charge on any atom is -0.390 e. The number of hydrogen-bond donors (Lipinski definition) is 2. The largest absolute Gasteiger partial charge is 0.390 e. The van der Waals surface area contributed by atoms with Gasteiger partial charge in [0.2, 0.25) is 0 Å². The van der Waals surface area contributed by atoms with Crippen molar-refractivity contribution in [1.82, 2.24) is 5.32 Å². The summed E-state index contributed by atoms with van der Waals surface area (Å²) < 4.78 is 0. The van der Waals surface area contributed by atoms with Crippen LogP contribution in [-0.2, 0) is 4.79 Å². The summed E-state index contributed by atoms with van der Waals surface area (Å²) in [6, 6.07) is 9.37. The van der Waals surface area contributed by atoms with Gasteiger partial charge in [-0.15, -0.1) is 0 Å². The topological polar surface area (TPSA) is 64.9 Å². The number of benzene rings is 1. The average Bonchev–Trinajstić information content (AvgIpc) is 2.41. The predicted octanol–water partition coefficient (Wildman–Crippen LogP) is 2.73. The summed E-state index contributed by atoms with van der Waals surface area (Å²) in [5, 5.41) is 14.7. The van der Waals surface area contributed by atoms with Gasteiger partial charge in [-0.05, 0) is 25.0 Å². The van der Waals surface area contributed by atoms with E-state index in [2.05, 4.69) is 17.6 Å². The first-order valence-corrected chi connectivity index (χ1v) is 6.39. The van der Waals surface area contributed by atoms with E-state index < -0.39 is 0 Å². The number of aryl methyl sites for hydroxylation is 1. The summed E-state index contributed by atoms with van der Waals surface area (Å²) in [6.45, 7) is 4.76. The molecular formula is C15H19N3O. The minimum absolute atomic E-state index is 0.0827. The molecule has 0 fully saturated rings. The quantitative estimate of drug-likeness (QED) is 0.468. The van der Waals surface area contributed by atoms with Crippen molar-refractivity contribution in [2.75, 3.05) is 11.9 Å². The first-order chi connectivity index (χ1) is 9.19. The molecule has 4 nitrogen and oxygen atoms in total. The lowest BCUT2D eigenvalue weighted by atomic mass is 10.2. The Morgan fingerprint density at radius 3 is 2.79 bits per heavy atom. The molecule has 0 saturated heterocycles. The van der Waals surface area contributed by atoms with Crippen molar-refractivity contribution in [3.05, 3.63) is 41.6 Å². The number of anilines is 1. The third-order valence-electron chi connectivity index (χ3n) is 2.68. The highest BCUT2D eigenvalue weighted by atomic mass is 16.1. The zero-order valence-electron chi connectivity index (χ0n) is 11.4. The SMILES string of the molecule is CCCCN/C=C(/C#N)C(=O)Nc1ccccc1C. The smallest absolute Gasteiger partial charge is 0.267 e. The van der Waals surface area contributed by atoms with Crippen LogP contribution in [0, 0.1) is 18.3 Å². The lowest BCUT2D eigenvalue weighted by molar-refractivity contribution is -0.112. The molecule has 100 valence electrons. The lowest BCUT2D eigenvalue weighted by Gasteiger charge is -2.07. The minimum atomic E-state index is -0.388. The summed E-state index contributed by atoms with van der Waals surface area (Å²) in [5.74, 6) is -0.388. The van der Waals surface area contributed by atoms with Crippen LogP contribution in [0.2, 0.25) is 0 Å². The molecule has 0 bridgehead atoms. The molecule has 0 aromatic heterocycles. The van der Waals surface area contributed by atoms with E-state index in [9.17, 15) is 4.79 Å². The second-order valence-electron chi connectivity index (χ2n) is 4.25. The van der Waals surface area contributed by atoms with Gasteiger partial charge in [0, 0.05) is 18.4 Å². The predicted molar refractivity (Wildman–Crippen MR) is 76.4 cm³/mol. The van der Waals surface area contributed by atoms with Crippen LogP contribution in [0.25, 0.3) is 0 Å². The van der Waals surface area contributed by atoms with Crippen molar-refractivity contribution < 1.29 is 4.79 Å². The van der Waals surface area contributed by atoms with Gasteiger partial charge in [-0.25, -0.2) is 0 Å². The van der Waals surface area contributed by atoms with Gasteiger partial charge in [-0.1, -0.05) is 31.5 Å². The Morgan fingerprint density at radius 2 is 2.16 bits per heavy atom. The average molecular weight is 257 g/mol. The van der Waals surface area contributed by atoms with Gasteiger partial charge in [0.05, 0.1) is 0 Å². The molecule has 0 aliphatic rings. The fraction of sp³-hybridized carbons (Fsp3) is 0.333. The second-order valence-corrected chi connectivity index (χ2v) is 4.25. The van der Waals surface area contributed by atoms with Gasteiger partial charge in [0.1, 0.15) is 11.6 Å². The van der Waals surface area contributed by atoms with Crippen LogP contribution in [0.4, 0.5) is 5.69 Å². The van der Waals surface area contributed by atoms with E-state index in [1.54, 1.807) is 0 Å². The third kappa shape index (κ3) is 4.84. The number of carbonyl (C=O) groups excluding carboxylic acids is 1. The summed E-state index contributed by atoms with van der Waals surface area (Å²) in [4.78, 5) is 11.9. The van der Waals surface area contributed by atoms with Crippen LogP contribution in [0.15, 0.2) is 36.0 Å². The molecule has 1 aromatic carbocycles. The third-order valence-corrected chi connectivity index (χ3v) is 2.68. The van der Waals surface area contributed by atoms with Crippen LogP contribution in [0.5, 0.6) is 0 Å². The summed E-state index contributed by atoms with van der Waals surface area (Å²) in [7, 11) is 0. The number of nitriles is 1. The van der Waals surface area contributed by atoms with Crippen molar-refractivity contribution in [2.24, 2.45) is 0 Å². The fourth-order valence-electron chi connectivity index (χ4n) is 1.50. The number of para-hydroxylation sites is 1. The van der Waals surface area contributed by atoms with Crippen LogP contribution in [-0.4, -0.2) is 12.5 Å². The summed E-state index contributed by atoms with van der Waals surface area (Å²) in [6.07, 6.45) is 3.55. The molecule has 0 atom stereocenters. The highest BCUT2D eigenvalue weighted by Gasteiger charge is 2.09. The van der Waals surface area contributed by atoms with Crippen molar-refractivity contribution >= 4 is 11.6 Å². The molecule has 0 spiro atoms. The van der Waals surface area contributed by atoms with Gasteiger partial charge in [0.25, 0.3) is 5.91 Å². The van der Waals surface area contributed by atoms with Crippen molar-refractivity contribution in [1.29, 1.82) is 5.26 Å². The molecule has 0 aliphatic carbocycles. The Balaban J connectivity index is 2.65. The van der Waals surface area contributed by atoms with Gasteiger partial charge in [-0.3, -0.25) is 4.79 Å². The van der Waals surface area contributed by atoms with Crippen LogP contribution < -0.4 is 10.6 Å². The molecule has 1 aromatic rings. The van der Waals surface area contributed by atoms with Crippen molar-refractivity contribution in [2.45, 2.75) is 26.7 Å². The van der Waals surface area contributed by atoms with E-state index in [-0.39, 0.29) is 11.5 Å². The van der Waals surface area contributed by atoms with Gasteiger partial charge < -0.3 is 10.6 Å². The fourth-order valence-corrected chi connectivity index (χ4v) is 1.50. The lowest BCUT2D eigenvalue weighted by Crippen LogP contribution is -2.17. The van der Waals surface area contributed by atoms with Crippen molar-refractivity contribution in [3.63, 3.8) is 0 Å². The molecule has 1 amide bonds. The molecule has 0 saturated carbocycles. The number of unbranched alkanes of at least 4 members (excludes halogenated alkanes) is 1. The number of rotatable bonds is 6. The van der Waals surface area contributed by atoms with E-state index in [1.165, 1.54) is 6.20 Å². The molecule has 2 N–H and O–H groups in total. The van der Waals surface area contributed by atoms with Gasteiger partial charge in [0.15, 0.2) is 0 Å². The highest BCUT2D eigenvalue weighted by molar-refractivity contribution is 6.06. The van der Waals surface area contributed by atoms with E-state index in [0.29, 0.717) is 0 Å². The van der Waals surface area contributed by atoms with E-state index in [4.69, 9.17) is 5.26 Å². The summed E-state index contributed by atoms with van der Waals surface area (Å²) >= 11 is 0. The zero-order valence-corrected chi connectivity index (χ0v) is 11.4. The molecular weight excluding hydrogens is 238 g/mol. The first kappa shape index (κ1) is 14.8. The zero-order chi connectivity index (χ0) is 14.1. The molecule has 19 heavy (non-hydrogen) atoms. The second kappa shape index (κ2) is 7.93. The monoisotopic (exact) mass is 257 g/mol. The molecule has 0 aliphatic heterocycles. The van der Waals surface area contributed by atoms with Crippen molar-refractivity contribution in [3.8, 4) is 6.07 Å². The number of nitrogens with one attached hydrogen (secondary N) is 2. The maximum atomic E-state index is 11.9. The molecule has 0 heterocycles. The van der Waals surface area contributed by atoms with Crippen LogP contribution in [0.3, 0.4) is 0 Å². The highest BCUT2D eigenvalue weighted by Crippen LogP contribution is 2.13. The molecule has 1 rings (SSSR count). The first-order valence-electron chi connectivity index (χ1n) is 6.39. The number of amides is 1. The maximum Gasteiger partial charge on any atom is 0.267 e. The van der Waals surface area contributed by atoms with Crippen LogP contribution in [0.1, 0.15) is 25.3 Å². The maximum absolute atomic E-state index is 11.9. The van der Waals surface area contributed by atoms with Crippen LogP contribution >= 0.6 is 0 Å². The Hall–Kier alpha value is -2.28. The van der Waals surface area contributed by atoms with E-state index >= 15 is 0 Å². The number of hydrogen-bond acceptors (Lipinski definition) is 3. The molecule has 4 heteroatoms. The Bertz CT molecular complexity index is 500. The van der Waals surface area contributed by atoms with Gasteiger partial charge >= 0.3 is 0 Å². The number of carbonyl (C=O) groups is 1.